The Morgan fingerprint density at radius 3 is 2.29 bits per heavy atom. The van der Waals surface area contributed by atoms with E-state index in [1.807, 2.05) is 38.2 Å². The fourth-order valence-corrected chi connectivity index (χ4v) is 3.31. The molecule has 4 heteroatoms. The highest BCUT2D eigenvalue weighted by Crippen LogP contribution is 2.35. The van der Waals surface area contributed by atoms with Gasteiger partial charge in [0, 0.05) is 9.90 Å². The molecule has 1 aromatic heterocycles. The minimum atomic E-state index is 0.124. The number of rotatable bonds is 3. The van der Waals surface area contributed by atoms with Crippen molar-refractivity contribution in [2.45, 2.75) is 13.0 Å². The van der Waals surface area contributed by atoms with E-state index in [0.29, 0.717) is 0 Å². The highest BCUT2D eigenvalue weighted by molar-refractivity contribution is 7.10. The van der Waals surface area contributed by atoms with Gasteiger partial charge in [0.05, 0.1) is 11.1 Å². The molecule has 0 bridgehead atoms. The molecule has 0 radical (unpaired) electrons. The van der Waals surface area contributed by atoms with Gasteiger partial charge < -0.3 is 5.32 Å². The lowest BCUT2D eigenvalue weighted by Gasteiger charge is -2.16. The van der Waals surface area contributed by atoms with Crippen LogP contribution in [0.15, 0.2) is 29.6 Å². The van der Waals surface area contributed by atoms with E-state index < -0.39 is 0 Å². The smallest absolute Gasteiger partial charge is 0.0683 e. The van der Waals surface area contributed by atoms with Gasteiger partial charge in [0.1, 0.15) is 0 Å². The van der Waals surface area contributed by atoms with Gasteiger partial charge in [-0.05, 0) is 42.6 Å². The molecule has 0 aliphatic carbocycles. The fourth-order valence-electron chi connectivity index (χ4n) is 1.75. The molecule has 2 rings (SSSR count). The molecule has 0 spiro atoms. The Hall–Kier alpha value is -0.540. The Morgan fingerprint density at radius 2 is 1.82 bits per heavy atom. The lowest BCUT2D eigenvalue weighted by atomic mass is 10.1. The summed E-state index contributed by atoms with van der Waals surface area (Å²) in [5.41, 5.74) is 2.29. The van der Waals surface area contributed by atoms with Crippen LogP contribution in [0.3, 0.4) is 0 Å². The van der Waals surface area contributed by atoms with Crippen LogP contribution < -0.4 is 5.32 Å². The summed E-state index contributed by atoms with van der Waals surface area (Å²) in [6.07, 6.45) is 0. The molecule has 0 amide bonds. The number of aryl methyl sites for hydroxylation is 1. The van der Waals surface area contributed by atoms with Crippen molar-refractivity contribution < 1.29 is 0 Å². The van der Waals surface area contributed by atoms with Crippen LogP contribution in [0.2, 0.25) is 10.0 Å². The van der Waals surface area contributed by atoms with Crippen molar-refractivity contribution in [3.05, 3.63) is 55.7 Å². The SMILES string of the molecule is CNC(c1ccc(Cl)cc1)c1scc(C)c1Cl. The maximum atomic E-state index is 6.31. The first-order chi connectivity index (χ1) is 8.13. The second kappa shape index (κ2) is 5.40. The third kappa shape index (κ3) is 2.66. The summed E-state index contributed by atoms with van der Waals surface area (Å²) >= 11 is 13.9. The van der Waals surface area contributed by atoms with Crippen LogP contribution in [0.4, 0.5) is 0 Å². The average Bonchev–Trinajstić information content (AvgIpc) is 2.65. The van der Waals surface area contributed by atoms with Crippen LogP contribution in [0.25, 0.3) is 0 Å². The standard InChI is InChI=1S/C13H13Cl2NS/c1-8-7-17-13(11(8)15)12(16-2)9-3-5-10(14)6-4-9/h3-7,12,16H,1-2H3. The number of halogens is 2. The third-order valence-electron chi connectivity index (χ3n) is 2.68. The minimum Gasteiger partial charge on any atom is -0.309 e. The van der Waals surface area contributed by atoms with Gasteiger partial charge in [-0.15, -0.1) is 11.3 Å². The van der Waals surface area contributed by atoms with Crippen LogP contribution in [0.5, 0.6) is 0 Å². The summed E-state index contributed by atoms with van der Waals surface area (Å²) in [4.78, 5) is 1.15. The zero-order chi connectivity index (χ0) is 12.4. The average molecular weight is 286 g/mol. The first kappa shape index (κ1) is 12.9. The van der Waals surface area contributed by atoms with Crippen LogP contribution in [-0.4, -0.2) is 7.05 Å². The van der Waals surface area contributed by atoms with E-state index in [1.54, 1.807) is 11.3 Å². The topological polar surface area (TPSA) is 12.0 Å². The second-order valence-corrected chi connectivity index (χ2v) is 5.60. The van der Waals surface area contributed by atoms with E-state index in [-0.39, 0.29) is 6.04 Å². The zero-order valence-corrected chi connectivity index (χ0v) is 12.0. The Bertz CT molecular complexity index is 505. The van der Waals surface area contributed by atoms with Gasteiger partial charge >= 0.3 is 0 Å². The molecule has 0 fully saturated rings. The van der Waals surface area contributed by atoms with Gasteiger partial charge in [-0.3, -0.25) is 0 Å². The summed E-state index contributed by atoms with van der Waals surface area (Å²) in [6, 6.07) is 7.97. The van der Waals surface area contributed by atoms with Gasteiger partial charge in [-0.2, -0.15) is 0 Å². The normalized spacial score (nSPS) is 12.7. The van der Waals surface area contributed by atoms with E-state index in [2.05, 4.69) is 10.7 Å². The van der Waals surface area contributed by atoms with Crippen molar-refractivity contribution in [2.24, 2.45) is 0 Å². The Morgan fingerprint density at radius 1 is 1.18 bits per heavy atom. The zero-order valence-electron chi connectivity index (χ0n) is 9.63. The van der Waals surface area contributed by atoms with E-state index >= 15 is 0 Å². The van der Waals surface area contributed by atoms with Crippen molar-refractivity contribution in [1.29, 1.82) is 0 Å². The quantitative estimate of drug-likeness (QED) is 0.864. The molecule has 0 saturated carbocycles. The molecular weight excluding hydrogens is 273 g/mol. The van der Waals surface area contributed by atoms with E-state index in [9.17, 15) is 0 Å². The summed E-state index contributed by atoms with van der Waals surface area (Å²) in [6.45, 7) is 2.02. The van der Waals surface area contributed by atoms with Crippen molar-refractivity contribution >= 4 is 34.5 Å². The van der Waals surface area contributed by atoms with Crippen molar-refractivity contribution in [3.8, 4) is 0 Å². The maximum Gasteiger partial charge on any atom is 0.0683 e. The van der Waals surface area contributed by atoms with Crippen molar-refractivity contribution in [1.82, 2.24) is 5.32 Å². The first-order valence-corrected chi connectivity index (χ1v) is 6.93. The summed E-state index contributed by atoms with van der Waals surface area (Å²) in [5, 5.41) is 6.97. The molecule has 17 heavy (non-hydrogen) atoms. The van der Waals surface area contributed by atoms with Crippen LogP contribution in [0, 0.1) is 6.92 Å². The summed E-state index contributed by atoms with van der Waals surface area (Å²) < 4.78 is 0. The van der Waals surface area contributed by atoms with Gasteiger partial charge in [-0.25, -0.2) is 0 Å². The van der Waals surface area contributed by atoms with Crippen molar-refractivity contribution in [2.75, 3.05) is 7.05 Å². The monoisotopic (exact) mass is 285 g/mol. The molecule has 0 aliphatic rings. The molecular formula is C13H13Cl2NS. The molecule has 1 aromatic carbocycles. The van der Waals surface area contributed by atoms with E-state index in [0.717, 1.165) is 20.5 Å². The Balaban J connectivity index is 2.40. The predicted octanol–water partition coefficient (Wildman–Crippen LogP) is 4.67. The molecule has 0 saturated heterocycles. The molecule has 1 unspecified atom stereocenters. The van der Waals surface area contributed by atoms with Crippen LogP contribution >= 0.6 is 34.5 Å². The molecule has 1 nitrogen and oxygen atoms in total. The molecule has 1 atom stereocenters. The predicted molar refractivity (Wildman–Crippen MR) is 76.4 cm³/mol. The molecule has 0 aliphatic heterocycles. The molecule has 1 heterocycles. The summed E-state index contributed by atoms with van der Waals surface area (Å²) in [5.74, 6) is 0. The van der Waals surface area contributed by atoms with E-state index in [4.69, 9.17) is 23.2 Å². The first-order valence-electron chi connectivity index (χ1n) is 5.29. The minimum absolute atomic E-state index is 0.124. The second-order valence-electron chi connectivity index (χ2n) is 3.87. The maximum absolute atomic E-state index is 6.31. The van der Waals surface area contributed by atoms with Gasteiger partial charge in [0.2, 0.25) is 0 Å². The summed E-state index contributed by atoms with van der Waals surface area (Å²) in [7, 11) is 1.94. The lowest BCUT2D eigenvalue weighted by Crippen LogP contribution is -2.16. The number of thiophene rings is 1. The van der Waals surface area contributed by atoms with E-state index in [1.165, 1.54) is 5.56 Å². The molecule has 90 valence electrons. The van der Waals surface area contributed by atoms with Crippen LogP contribution in [-0.2, 0) is 0 Å². The highest BCUT2D eigenvalue weighted by Gasteiger charge is 2.18. The van der Waals surface area contributed by atoms with Gasteiger partial charge in [0.15, 0.2) is 0 Å². The number of benzene rings is 1. The third-order valence-corrected chi connectivity index (χ3v) is 4.71. The molecule has 1 N–H and O–H groups in total. The lowest BCUT2D eigenvalue weighted by molar-refractivity contribution is 0.704. The van der Waals surface area contributed by atoms with Gasteiger partial charge in [-0.1, -0.05) is 35.3 Å². The highest BCUT2D eigenvalue weighted by atomic mass is 35.5. The fraction of sp³-hybridized carbons (Fsp3) is 0.231. The number of hydrogen-bond donors (Lipinski definition) is 1. The largest absolute Gasteiger partial charge is 0.309 e. The Labute approximate surface area is 115 Å². The van der Waals surface area contributed by atoms with Crippen LogP contribution in [0.1, 0.15) is 22.0 Å². The number of hydrogen-bond acceptors (Lipinski definition) is 2. The van der Waals surface area contributed by atoms with Gasteiger partial charge in [0.25, 0.3) is 0 Å². The number of nitrogens with one attached hydrogen (secondary N) is 1. The Kier molecular flexibility index (Phi) is 4.10. The molecule has 2 aromatic rings. The van der Waals surface area contributed by atoms with Crippen molar-refractivity contribution in [3.63, 3.8) is 0 Å².